The molecule has 2 amide bonds. The van der Waals surface area contributed by atoms with Crippen LogP contribution < -0.4 is 19.2 Å². The van der Waals surface area contributed by atoms with Crippen LogP contribution in [0.25, 0.3) is 0 Å². The third kappa shape index (κ3) is 4.53. The van der Waals surface area contributed by atoms with Gasteiger partial charge < -0.3 is 14.5 Å². The average Bonchev–Trinajstić information content (AvgIpc) is 3.43. The number of hydrogen-bond acceptors (Lipinski definition) is 7. The van der Waals surface area contributed by atoms with Crippen LogP contribution in [0, 0.1) is 18.7 Å². The summed E-state index contributed by atoms with van der Waals surface area (Å²) >= 11 is 2.23. The molecule has 7 nitrogen and oxygen atoms in total. The lowest BCUT2D eigenvalue weighted by molar-refractivity contribution is -0.122. The number of aryl methyl sites for hydroxylation is 1. The molecule has 6 rings (SSSR count). The molecule has 4 aromatic rings. The number of nitrogens with one attached hydrogen (secondary N) is 1. The molecule has 0 aliphatic carbocycles. The molecule has 0 saturated carbocycles. The maximum atomic E-state index is 13.8. The fourth-order valence-electron chi connectivity index (χ4n) is 5.06. The zero-order valence-corrected chi connectivity index (χ0v) is 22.6. The van der Waals surface area contributed by atoms with E-state index in [-0.39, 0.29) is 10.8 Å². The number of carbonyl (C=O) groups is 2. The van der Waals surface area contributed by atoms with Crippen LogP contribution in [0.1, 0.15) is 27.5 Å². The summed E-state index contributed by atoms with van der Waals surface area (Å²) in [5.74, 6) is -1.54. The summed E-state index contributed by atoms with van der Waals surface area (Å²) in [6, 6.07) is 18.7. The van der Waals surface area contributed by atoms with E-state index in [0.29, 0.717) is 33.7 Å². The number of fused-ring (bicyclic) bond motifs is 2. The van der Waals surface area contributed by atoms with E-state index in [2.05, 4.69) is 4.98 Å². The van der Waals surface area contributed by atoms with Crippen molar-refractivity contribution in [3.8, 4) is 11.5 Å². The van der Waals surface area contributed by atoms with Crippen molar-refractivity contribution in [1.29, 1.82) is 0 Å². The predicted octanol–water partition coefficient (Wildman–Crippen LogP) is 5.27. The molecule has 198 valence electrons. The number of imide groups is 1. The molecule has 2 aliphatic rings. The van der Waals surface area contributed by atoms with E-state index in [1.54, 1.807) is 12.1 Å². The van der Waals surface area contributed by atoms with Crippen molar-refractivity contribution in [2.45, 2.75) is 29.7 Å². The van der Waals surface area contributed by atoms with Gasteiger partial charge in [0.2, 0.25) is 11.8 Å². The molecule has 3 unspecified atom stereocenters. The molecule has 0 bridgehead atoms. The van der Waals surface area contributed by atoms with Gasteiger partial charge in [0.25, 0.3) is 0 Å². The van der Waals surface area contributed by atoms with Crippen LogP contribution in [0.15, 0.2) is 76.6 Å². The van der Waals surface area contributed by atoms with E-state index in [1.807, 2.05) is 37.3 Å². The quantitative estimate of drug-likeness (QED) is 0.322. The Morgan fingerprint density at radius 3 is 2.41 bits per heavy atom. The number of thiazole rings is 1. The highest BCUT2D eigenvalue weighted by atomic mass is 32.2. The van der Waals surface area contributed by atoms with E-state index >= 15 is 0 Å². The lowest BCUT2D eigenvalue weighted by Gasteiger charge is -2.30. The van der Waals surface area contributed by atoms with Gasteiger partial charge in [-0.05, 0) is 54.4 Å². The molecule has 1 N–H and O–H groups in total. The number of rotatable bonds is 6. The standard InChI is InChI=1S/C29H23FN2O5S2/c1-15-3-5-16(6-4-15)14-37-20-12-7-17(13-21(20)36-2)22-23-25(38-26-24(22)39-29(35)31-26)28(34)32(27(23)33)19-10-8-18(30)9-11-19/h3-13,22-23,25H,14H2,1-2H3,(H,31,35). The topological polar surface area (TPSA) is 88.7 Å². The Labute approximate surface area is 231 Å². The Balaban J connectivity index is 1.37. The SMILES string of the molecule is COc1cc(C2c3sc(=O)[nH]c3SC3C(=O)N(c4ccc(F)cc4)C(=O)C32)ccc1OCc1ccc(C)cc1. The first-order valence-corrected chi connectivity index (χ1v) is 13.9. The Morgan fingerprint density at radius 2 is 1.69 bits per heavy atom. The molecule has 0 radical (unpaired) electrons. The number of benzene rings is 3. The van der Waals surface area contributed by atoms with Crippen molar-refractivity contribution in [2.75, 3.05) is 12.0 Å². The van der Waals surface area contributed by atoms with Crippen LogP contribution in [0.4, 0.5) is 10.1 Å². The molecule has 3 atom stereocenters. The Morgan fingerprint density at radius 1 is 0.949 bits per heavy atom. The molecule has 10 heteroatoms. The van der Waals surface area contributed by atoms with Gasteiger partial charge in [0.1, 0.15) is 17.7 Å². The van der Waals surface area contributed by atoms with Crippen molar-refractivity contribution in [2.24, 2.45) is 5.92 Å². The van der Waals surface area contributed by atoms with Crippen LogP contribution in [0.2, 0.25) is 0 Å². The van der Waals surface area contributed by atoms with Crippen molar-refractivity contribution < 1.29 is 23.5 Å². The molecule has 2 aliphatic heterocycles. The van der Waals surface area contributed by atoms with Crippen LogP contribution >= 0.6 is 23.1 Å². The largest absolute Gasteiger partial charge is 0.493 e. The Hall–Kier alpha value is -3.89. The van der Waals surface area contributed by atoms with Crippen molar-refractivity contribution in [1.82, 2.24) is 4.98 Å². The lowest BCUT2D eigenvalue weighted by atomic mass is 9.83. The predicted molar refractivity (Wildman–Crippen MR) is 147 cm³/mol. The summed E-state index contributed by atoms with van der Waals surface area (Å²) in [6.07, 6.45) is 0. The van der Waals surface area contributed by atoms with Gasteiger partial charge in [-0.15, -0.1) is 0 Å². The number of ether oxygens (including phenoxy) is 2. The second kappa shape index (κ2) is 10.0. The molecule has 1 fully saturated rings. The van der Waals surface area contributed by atoms with Crippen molar-refractivity contribution in [3.63, 3.8) is 0 Å². The number of H-pyrrole nitrogens is 1. The molecular formula is C29H23FN2O5S2. The number of hydrogen-bond donors (Lipinski definition) is 1. The summed E-state index contributed by atoms with van der Waals surface area (Å²) in [7, 11) is 1.54. The summed E-state index contributed by atoms with van der Waals surface area (Å²) in [5, 5.41) is -0.161. The number of methoxy groups -OCH3 is 1. The zero-order chi connectivity index (χ0) is 27.3. The van der Waals surface area contributed by atoms with E-state index < -0.39 is 28.8 Å². The molecule has 0 spiro atoms. The maximum absolute atomic E-state index is 13.8. The van der Waals surface area contributed by atoms with Gasteiger partial charge in [-0.25, -0.2) is 9.29 Å². The number of anilines is 1. The number of carbonyl (C=O) groups excluding carboxylic acids is 2. The van der Waals surface area contributed by atoms with E-state index in [0.717, 1.165) is 32.9 Å². The van der Waals surface area contributed by atoms with Gasteiger partial charge in [0.15, 0.2) is 11.5 Å². The van der Waals surface area contributed by atoms with E-state index in [4.69, 9.17) is 9.47 Å². The highest BCUT2D eigenvalue weighted by molar-refractivity contribution is 8.00. The van der Waals surface area contributed by atoms with Gasteiger partial charge in [-0.2, -0.15) is 0 Å². The summed E-state index contributed by atoms with van der Waals surface area (Å²) in [4.78, 5) is 44.0. The Kier molecular flexibility index (Phi) is 6.52. The van der Waals surface area contributed by atoms with Crippen molar-refractivity contribution >= 4 is 40.6 Å². The second-order valence-corrected chi connectivity index (χ2v) is 11.6. The minimum absolute atomic E-state index is 0.252. The fourth-order valence-corrected chi connectivity index (χ4v) is 7.58. The fraction of sp³-hybridized carbons (Fsp3) is 0.207. The molecule has 39 heavy (non-hydrogen) atoms. The van der Waals surface area contributed by atoms with Gasteiger partial charge >= 0.3 is 4.87 Å². The van der Waals surface area contributed by atoms with Crippen LogP contribution in [0.5, 0.6) is 11.5 Å². The minimum Gasteiger partial charge on any atom is -0.493 e. The number of aromatic amines is 1. The van der Waals surface area contributed by atoms with Crippen LogP contribution in [-0.2, 0) is 16.2 Å². The number of thioether (sulfide) groups is 1. The average molecular weight is 563 g/mol. The van der Waals surface area contributed by atoms with E-state index in [9.17, 15) is 18.8 Å². The summed E-state index contributed by atoms with van der Waals surface area (Å²) in [5.41, 5.74) is 3.21. The number of nitrogens with zero attached hydrogens (tertiary/aromatic N) is 1. The molecule has 1 saturated heterocycles. The summed E-state index contributed by atoms with van der Waals surface area (Å²) < 4.78 is 25.2. The third-order valence-corrected chi connectivity index (χ3v) is 9.37. The first kappa shape index (κ1) is 25.4. The van der Waals surface area contributed by atoms with E-state index in [1.165, 1.54) is 43.1 Å². The first-order chi connectivity index (χ1) is 18.8. The molecular weight excluding hydrogens is 539 g/mol. The van der Waals surface area contributed by atoms with Gasteiger partial charge in [0.05, 0.1) is 23.7 Å². The Bertz CT molecular complexity index is 1630. The normalized spacial score (nSPS) is 20.1. The monoisotopic (exact) mass is 562 g/mol. The van der Waals surface area contributed by atoms with Crippen LogP contribution in [0.3, 0.4) is 0 Å². The lowest BCUT2D eigenvalue weighted by Crippen LogP contribution is -2.32. The molecule has 1 aromatic heterocycles. The highest BCUT2D eigenvalue weighted by Crippen LogP contribution is 2.53. The van der Waals surface area contributed by atoms with Gasteiger partial charge in [0, 0.05) is 10.8 Å². The smallest absolute Gasteiger partial charge is 0.305 e. The maximum Gasteiger partial charge on any atom is 0.305 e. The van der Waals surface area contributed by atoms with Crippen LogP contribution in [-0.4, -0.2) is 29.2 Å². The summed E-state index contributed by atoms with van der Waals surface area (Å²) in [6.45, 7) is 2.37. The number of halogens is 1. The second-order valence-electron chi connectivity index (χ2n) is 9.42. The van der Waals surface area contributed by atoms with Gasteiger partial charge in [-0.1, -0.05) is 59.0 Å². The van der Waals surface area contributed by atoms with Gasteiger partial charge in [-0.3, -0.25) is 14.4 Å². The highest BCUT2D eigenvalue weighted by Gasteiger charge is 2.56. The number of aromatic nitrogens is 1. The van der Waals surface area contributed by atoms with Crippen molar-refractivity contribution in [3.05, 3.63) is 104 Å². The minimum atomic E-state index is -0.754. The number of amides is 2. The zero-order valence-electron chi connectivity index (χ0n) is 21.0. The molecule has 3 aromatic carbocycles. The first-order valence-electron chi connectivity index (χ1n) is 12.2. The molecule has 3 heterocycles. The third-order valence-electron chi connectivity index (χ3n) is 6.97.